The van der Waals surface area contributed by atoms with E-state index in [0.29, 0.717) is 0 Å². The van der Waals surface area contributed by atoms with Crippen LogP contribution in [0.3, 0.4) is 0 Å². The maximum absolute atomic E-state index is 11.7. The van der Waals surface area contributed by atoms with Crippen molar-refractivity contribution in [2.24, 2.45) is 0 Å². The van der Waals surface area contributed by atoms with E-state index in [9.17, 15) is 9.59 Å². The zero-order valence-electron chi connectivity index (χ0n) is 10.4. The molecule has 1 aliphatic carbocycles. The van der Waals surface area contributed by atoms with E-state index in [1.165, 1.54) is 11.1 Å². The summed E-state index contributed by atoms with van der Waals surface area (Å²) >= 11 is 5.73. The minimum absolute atomic E-state index is 0.163. The molecule has 2 atom stereocenters. The van der Waals surface area contributed by atoms with E-state index in [2.05, 4.69) is 15.5 Å². The van der Waals surface area contributed by atoms with Crippen molar-refractivity contribution in [3.05, 3.63) is 34.4 Å². The Labute approximate surface area is 115 Å². The first kappa shape index (κ1) is 12.4. The molecule has 5 nitrogen and oxygen atoms in total. The molecule has 0 bridgehead atoms. The van der Waals surface area contributed by atoms with Crippen LogP contribution in [0.4, 0.5) is 4.79 Å². The molecule has 1 saturated heterocycles. The fourth-order valence-corrected chi connectivity index (χ4v) is 3.19. The van der Waals surface area contributed by atoms with Crippen LogP contribution in [0, 0.1) is 6.92 Å². The number of carbonyl (C=O) groups excluding carboxylic acids is 2. The topological polar surface area (TPSA) is 70.2 Å². The van der Waals surface area contributed by atoms with Gasteiger partial charge in [-0.2, -0.15) is 0 Å². The van der Waals surface area contributed by atoms with Gasteiger partial charge < -0.3 is 5.32 Å². The molecule has 100 valence electrons. The van der Waals surface area contributed by atoms with E-state index in [4.69, 9.17) is 11.8 Å². The largest absolute Gasteiger partial charge is 0.322 e. The van der Waals surface area contributed by atoms with E-state index in [-0.39, 0.29) is 11.9 Å². The molecule has 6 heteroatoms. The Morgan fingerprint density at radius 2 is 2.05 bits per heavy atom. The summed E-state index contributed by atoms with van der Waals surface area (Å²) < 4.78 is 0. The predicted molar refractivity (Wildman–Crippen MR) is 70.6 cm³/mol. The Hall–Kier alpha value is -1.59. The van der Waals surface area contributed by atoms with Gasteiger partial charge in [-0.15, -0.1) is 0 Å². The molecule has 19 heavy (non-hydrogen) atoms. The van der Waals surface area contributed by atoms with Crippen LogP contribution >= 0.6 is 11.8 Å². The Kier molecular flexibility index (Phi) is 2.95. The maximum atomic E-state index is 11.7. The quantitative estimate of drug-likeness (QED) is 0.569. The average Bonchev–Trinajstić information content (AvgIpc) is 2.93. The minimum atomic E-state index is -0.583. The number of halogens is 1. The minimum Gasteiger partial charge on any atom is -0.322 e. The molecule has 3 amide bonds. The molecule has 0 saturated carbocycles. The summed E-state index contributed by atoms with van der Waals surface area (Å²) in [4.78, 5) is 25.7. The molecular weight excluding hydrogens is 266 g/mol. The summed E-state index contributed by atoms with van der Waals surface area (Å²) in [6.45, 7) is 1.99. The molecule has 1 aliphatic heterocycles. The summed E-state index contributed by atoms with van der Waals surface area (Å²) in [5, 5.41) is 4.89. The summed E-state index contributed by atoms with van der Waals surface area (Å²) in [7, 11) is 0. The zero-order chi connectivity index (χ0) is 13.6. The molecule has 0 aromatic heterocycles. The molecule has 1 unspecified atom stereocenters. The van der Waals surface area contributed by atoms with Crippen LogP contribution in [0.5, 0.6) is 0 Å². The smallest absolute Gasteiger partial charge is 0.322 e. The second-order valence-electron chi connectivity index (χ2n) is 4.94. The molecule has 1 aromatic carbocycles. The molecular formula is C13H14ClN3O2. The molecule has 1 heterocycles. The second-order valence-corrected chi connectivity index (χ2v) is 5.16. The Morgan fingerprint density at radius 3 is 2.68 bits per heavy atom. The lowest BCUT2D eigenvalue weighted by Crippen LogP contribution is -2.22. The van der Waals surface area contributed by atoms with Gasteiger partial charge in [0.2, 0.25) is 0 Å². The van der Waals surface area contributed by atoms with Crippen LogP contribution in [-0.4, -0.2) is 11.9 Å². The van der Waals surface area contributed by atoms with Gasteiger partial charge in [-0.25, -0.2) is 9.63 Å². The van der Waals surface area contributed by atoms with Crippen LogP contribution in [0.1, 0.15) is 40.8 Å². The number of amides is 3. The molecule has 1 aromatic rings. The number of imide groups is 1. The second kappa shape index (κ2) is 4.51. The summed E-state index contributed by atoms with van der Waals surface area (Å²) in [5.41, 5.74) is 4.33. The van der Waals surface area contributed by atoms with Crippen LogP contribution < -0.4 is 15.5 Å². The van der Waals surface area contributed by atoms with Gasteiger partial charge in [0.1, 0.15) is 6.04 Å². The average molecular weight is 280 g/mol. The van der Waals surface area contributed by atoms with Crippen molar-refractivity contribution in [1.82, 2.24) is 15.5 Å². The third-order valence-electron chi connectivity index (χ3n) is 3.95. The third kappa shape index (κ3) is 1.89. The van der Waals surface area contributed by atoms with Gasteiger partial charge in [0.05, 0.1) is 0 Å². The molecule has 0 spiro atoms. The lowest BCUT2D eigenvalue weighted by Gasteiger charge is -2.16. The van der Waals surface area contributed by atoms with Gasteiger partial charge in [-0.05, 0) is 53.8 Å². The number of hydrogen-bond acceptors (Lipinski definition) is 3. The summed E-state index contributed by atoms with van der Waals surface area (Å²) in [5.74, 6) is -0.293. The summed E-state index contributed by atoms with van der Waals surface area (Å²) in [6.07, 6.45) is 1.88. The van der Waals surface area contributed by atoms with Crippen LogP contribution in [-0.2, 0) is 11.2 Å². The standard InChI is InChI=1S/C13H14ClN3O2/c1-6-7-4-5-10(17-14)9(7)3-2-8(6)11-12(18)16-13(19)15-11/h2-3,10-11,17H,4-5H2,1H3,(H2,15,16,18,19)/t10-,11?/m0/s1. The number of benzene rings is 1. The lowest BCUT2D eigenvalue weighted by molar-refractivity contribution is -0.120. The van der Waals surface area contributed by atoms with E-state index in [1.54, 1.807) is 0 Å². The lowest BCUT2D eigenvalue weighted by atomic mass is 9.94. The van der Waals surface area contributed by atoms with Crippen molar-refractivity contribution in [2.75, 3.05) is 0 Å². The van der Waals surface area contributed by atoms with Crippen molar-refractivity contribution in [3.63, 3.8) is 0 Å². The van der Waals surface area contributed by atoms with Gasteiger partial charge in [0.15, 0.2) is 0 Å². The number of fused-ring (bicyclic) bond motifs is 1. The first-order valence-corrected chi connectivity index (χ1v) is 6.59. The molecule has 3 rings (SSSR count). The third-order valence-corrected chi connectivity index (χ3v) is 4.22. The van der Waals surface area contributed by atoms with Gasteiger partial charge >= 0.3 is 6.03 Å². The van der Waals surface area contributed by atoms with E-state index < -0.39 is 12.1 Å². The highest BCUT2D eigenvalue weighted by atomic mass is 35.5. The predicted octanol–water partition coefficient (Wildman–Crippen LogP) is 1.61. The first-order chi connectivity index (χ1) is 9.11. The maximum Gasteiger partial charge on any atom is 0.322 e. The highest BCUT2D eigenvalue weighted by molar-refractivity contribution is 6.13. The van der Waals surface area contributed by atoms with Gasteiger partial charge in [-0.1, -0.05) is 12.1 Å². The number of carbonyl (C=O) groups is 2. The Morgan fingerprint density at radius 1 is 1.32 bits per heavy atom. The summed E-state index contributed by atoms with van der Waals surface area (Å²) in [6, 6.07) is 3.03. The van der Waals surface area contributed by atoms with Crippen molar-refractivity contribution in [3.8, 4) is 0 Å². The number of nitrogens with one attached hydrogen (secondary N) is 3. The molecule has 0 radical (unpaired) electrons. The van der Waals surface area contributed by atoms with E-state index in [1.807, 2.05) is 19.1 Å². The van der Waals surface area contributed by atoms with Gasteiger partial charge in [-0.3, -0.25) is 10.1 Å². The van der Waals surface area contributed by atoms with Gasteiger partial charge in [0.25, 0.3) is 5.91 Å². The Bertz CT molecular complexity index is 573. The first-order valence-electron chi connectivity index (χ1n) is 6.21. The number of urea groups is 1. The van der Waals surface area contributed by atoms with Gasteiger partial charge in [0, 0.05) is 6.04 Å². The fourth-order valence-electron chi connectivity index (χ4n) is 2.96. The normalized spacial score (nSPS) is 25.2. The molecule has 1 fully saturated rings. The van der Waals surface area contributed by atoms with E-state index >= 15 is 0 Å². The van der Waals surface area contributed by atoms with Crippen molar-refractivity contribution in [1.29, 1.82) is 0 Å². The van der Waals surface area contributed by atoms with E-state index in [0.717, 1.165) is 24.0 Å². The van der Waals surface area contributed by atoms with Crippen LogP contribution in [0.15, 0.2) is 12.1 Å². The van der Waals surface area contributed by atoms with Crippen LogP contribution in [0.2, 0.25) is 0 Å². The SMILES string of the molecule is Cc1c(C2NC(=O)NC2=O)ccc2c1CC[C@@H]2NCl. The zero-order valence-corrected chi connectivity index (χ0v) is 11.2. The van der Waals surface area contributed by atoms with Crippen molar-refractivity contribution in [2.45, 2.75) is 31.8 Å². The number of rotatable bonds is 2. The van der Waals surface area contributed by atoms with Crippen molar-refractivity contribution >= 4 is 23.7 Å². The molecule has 3 N–H and O–H groups in total. The van der Waals surface area contributed by atoms with Crippen LogP contribution in [0.25, 0.3) is 0 Å². The Balaban J connectivity index is 2.01. The highest BCUT2D eigenvalue weighted by Gasteiger charge is 2.34. The fraction of sp³-hybridized carbons (Fsp3) is 0.385. The van der Waals surface area contributed by atoms with Crippen molar-refractivity contribution < 1.29 is 9.59 Å². The highest BCUT2D eigenvalue weighted by Crippen LogP contribution is 2.36. The molecule has 2 aliphatic rings. The number of hydrogen-bond donors (Lipinski definition) is 3. The monoisotopic (exact) mass is 279 g/mol.